The van der Waals surface area contributed by atoms with Crippen molar-refractivity contribution in [1.82, 2.24) is 9.78 Å². The molecule has 1 aliphatic carbocycles. The van der Waals surface area contributed by atoms with Crippen LogP contribution in [0.3, 0.4) is 0 Å². The van der Waals surface area contributed by atoms with E-state index in [1.807, 2.05) is 14.0 Å². The summed E-state index contributed by atoms with van der Waals surface area (Å²) in [5.41, 5.74) is 1.68. The van der Waals surface area contributed by atoms with Crippen LogP contribution in [0.2, 0.25) is 5.02 Å². The van der Waals surface area contributed by atoms with Crippen molar-refractivity contribution in [2.75, 3.05) is 0 Å². The van der Waals surface area contributed by atoms with Gasteiger partial charge in [-0.2, -0.15) is 5.10 Å². The van der Waals surface area contributed by atoms with Crippen molar-refractivity contribution >= 4 is 17.4 Å². The Balaban J connectivity index is 1.88. The number of Topliss-reactive ketones (excluding diaryl/α,β-unsaturated/α-hetero) is 1. The third-order valence-electron chi connectivity index (χ3n) is 4.87. The van der Waals surface area contributed by atoms with Gasteiger partial charge >= 0.3 is 0 Å². The summed E-state index contributed by atoms with van der Waals surface area (Å²) < 4.78 is 1.75. The van der Waals surface area contributed by atoms with E-state index in [4.69, 9.17) is 11.6 Å². The van der Waals surface area contributed by atoms with E-state index in [2.05, 4.69) is 12.0 Å². The van der Waals surface area contributed by atoms with Gasteiger partial charge in [0.2, 0.25) is 0 Å². The molecule has 1 heterocycles. The van der Waals surface area contributed by atoms with Crippen molar-refractivity contribution in [3.05, 3.63) is 16.4 Å². The highest BCUT2D eigenvalue weighted by atomic mass is 35.5. The Hall–Kier alpha value is -0.830. The highest BCUT2D eigenvalue weighted by Crippen LogP contribution is 2.33. The molecule has 1 aromatic heterocycles. The van der Waals surface area contributed by atoms with Crippen LogP contribution in [-0.2, 0) is 18.3 Å². The van der Waals surface area contributed by atoms with Crippen LogP contribution < -0.4 is 0 Å². The van der Waals surface area contributed by atoms with Crippen LogP contribution in [0.5, 0.6) is 0 Å². The average molecular weight is 311 g/mol. The summed E-state index contributed by atoms with van der Waals surface area (Å²) in [4.78, 5) is 12.5. The zero-order chi connectivity index (χ0) is 15.4. The number of carbonyl (C=O) groups excluding carboxylic acids is 1. The number of nitrogens with zero attached hydrogens (tertiary/aromatic N) is 2. The Morgan fingerprint density at radius 2 is 2.00 bits per heavy atom. The van der Waals surface area contributed by atoms with E-state index in [1.54, 1.807) is 4.68 Å². The van der Waals surface area contributed by atoms with Crippen molar-refractivity contribution < 1.29 is 4.79 Å². The van der Waals surface area contributed by atoms with Crippen molar-refractivity contribution in [1.29, 1.82) is 0 Å². The van der Waals surface area contributed by atoms with E-state index in [1.165, 1.54) is 32.1 Å². The normalized spacial score (nSPS) is 22.5. The molecule has 0 unspecified atom stereocenters. The first-order chi connectivity index (χ1) is 10.0. The maximum absolute atomic E-state index is 12.5. The standard InChI is InChI=1S/C17H27ClN2O/c1-4-5-6-13-7-9-14(10-8-13)16(21)11-15-17(18)12(2)19-20(15)3/h13-14H,4-11H2,1-3H3. The van der Waals surface area contributed by atoms with Crippen LogP contribution in [0.15, 0.2) is 0 Å². The van der Waals surface area contributed by atoms with Gasteiger partial charge in [0, 0.05) is 13.0 Å². The highest BCUT2D eigenvalue weighted by molar-refractivity contribution is 6.32. The smallest absolute Gasteiger partial charge is 0.141 e. The van der Waals surface area contributed by atoms with Crippen LogP contribution in [0.25, 0.3) is 0 Å². The van der Waals surface area contributed by atoms with E-state index in [-0.39, 0.29) is 5.92 Å². The molecule has 0 aliphatic heterocycles. The van der Waals surface area contributed by atoms with E-state index in [9.17, 15) is 4.79 Å². The van der Waals surface area contributed by atoms with E-state index in [0.29, 0.717) is 17.2 Å². The Morgan fingerprint density at radius 1 is 1.33 bits per heavy atom. The summed E-state index contributed by atoms with van der Waals surface area (Å²) in [6, 6.07) is 0. The second-order valence-corrected chi connectivity index (χ2v) is 6.85. The lowest BCUT2D eigenvalue weighted by molar-refractivity contribution is -0.123. The van der Waals surface area contributed by atoms with Crippen LogP contribution in [0.4, 0.5) is 0 Å². The number of hydrogen-bond acceptors (Lipinski definition) is 2. The summed E-state index contributed by atoms with van der Waals surface area (Å²) in [6.07, 6.45) is 8.92. The minimum Gasteiger partial charge on any atom is -0.299 e. The molecule has 0 amide bonds. The average Bonchev–Trinajstić information content (AvgIpc) is 2.72. The maximum Gasteiger partial charge on any atom is 0.141 e. The minimum atomic E-state index is 0.231. The largest absolute Gasteiger partial charge is 0.299 e. The van der Waals surface area contributed by atoms with Crippen LogP contribution in [0, 0.1) is 18.8 Å². The quantitative estimate of drug-likeness (QED) is 0.776. The second-order valence-electron chi connectivity index (χ2n) is 6.47. The molecular formula is C17H27ClN2O. The van der Waals surface area contributed by atoms with Gasteiger partial charge in [-0.3, -0.25) is 9.48 Å². The predicted octanol–water partition coefficient (Wildman–Crippen LogP) is 4.49. The first kappa shape index (κ1) is 16.5. The lowest BCUT2D eigenvalue weighted by Crippen LogP contribution is -2.24. The Kier molecular flexibility index (Phi) is 5.86. The topological polar surface area (TPSA) is 34.9 Å². The van der Waals surface area contributed by atoms with Gasteiger partial charge in [-0.1, -0.05) is 37.8 Å². The van der Waals surface area contributed by atoms with Crippen LogP contribution in [0.1, 0.15) is 63.3 Å². The molecule has 118 valence electrons. The fraction of sp³-hybridized carbons (Fsp3) is 0.765. The third-order valence-corrected chi connectivity index (χ3v) is 5.36. The molecule has 0 aromatic carbocycles. The molecule has 0 N–H and O–H groups in total. The van der Waals surface area contributed by atoms with Gasteiger partial charge in [-0.15, -0.1) is 0 Å². The van der Waals surface area contributed by atoms with Crippen molar-refractivity contribution in [3.63, 3.8) is 0 Å². The van der Waals surface area contributed by atoms with Crippen molar-refractivity contribution in [2.24, 2.45) is 18.9 Å². The fourth-order valence-electron chi connectivity index (χ4n) is 3.45. The number of aromatic nitrogens is 2. The summed E-state index contributed by atoms with van der Waals surface area (Å²) in [6.45, 7) is 4.13. The molecule has 0 atom stereocenters. The maximum atomic E-state index is 12.5. The zero-order valence-electron chi connectivity index (χ0n) is 13.5. The second kappa shape index (κ2) is 7.44. The first-order valence-corrected chi connectivity index (χ1v) is 8.61. The fourth-order valence-corrected chi connectivity index (χ4v) is 3.67. The number of halogens is 1. The lowest BCUT2D eigenvalue weighted by Gasteiger charge is -2.27. The number of unbranched alkanes of at least 4 members (excludes halogenated alkanes) is 1. The lowest BCUT2D eigenvalue weighted by atomic mass is 9.77. The molecule has 1 aromatic rings. The van der Waals surface area contributed by atoms with Gasteiger partial charge in [0.1, 0.15) is 5.78 Å². The number of aryl methyl sites for hydroxylation is 2. The molecule has 0 spiro atoms. The first-order valence-electron chi connectivity index (χ1n) is 8.23. The van der Waals surface area contributed by atoms with Gasteiger partial charge in [-0.05, 0) is 38.5 Å². The number of carbonyl (C=O) groups is 1. The predicted molar refractivity (Wildman–Crippen MR) is 86.6 cm³/mol. The molecule has 1 saturated carbocycles. The molecule has 2 rings (SSSR count). The summed E-state index contributed by atoms with van der Waals surface area (Å²) in [5, 5.41) is 4.94. The molecule has 1 aliphatic rings. The summed E-state index contributed by atoms with van der Waals surface area (Å²) in [7, 11) is 1.86. The Bertz CT molecular complexity index is 487. The van der Waals surface area contributed by atoms with E-state index < -0.39 is 0 Å². The Labute approximate surface area is 133 Å². The molecule has 1 fully saturated rings. The Morgan fingerprint density at radius 3 is 2.52 bits per heavy atom. The van der Waals surface area contributed by atoms with Gasteiger partial charge < -0.3 is 0 Å². The van der Waals surface area contributed by atoms with Crippen molar-refractivity contribution in [2.45, 2.75) is 65.2 Å². The monoisotopic (exact) mass is 310 g/mol. The number of rotatable bonds is 6. The van der Waals surface area contributed by atoms with Gasteiger partial charge in [-0.25, -0.2) is 0 Å². The van der Waals surface area contributed by atoms with Crippen molar-refractivity contribution in [3.8, 4) is 0 Å². The van der Waals surface area contributed by atoms with E-state index in [0.717, 1.165) is 30.1 Å². The zero-order valence-corrected chi connectivity index (χ0v) is 14.2. The molecule has 4 heteroatoms. The molecule has 0 saturated heterocycles. The van der Waals surface area contributed by atoms with Crippen LogP contribution >= 0.6 is 11.6 Å². The molecule has 3 nitrogen and oxygen atoms in total. The SMILES string of the molecule is CCCCC1CCC(C(=O)Cc2c(Cl)c(C)nn2C)CC1. The minimum absolute atomic E-state index is 0.231. The summed E-state index contributed by atoms with van der Waals surface area (Å²) in [5.74, 6) is 1.42. The van der Waals surface area contributed by atoms with Gasteiger partial charge in [0.15, 0.2) is 0 Å². The number of hydrogen-bond donors (Lipinski definition) is 0. The molecule has 0 bridgehead atoms. The molecule has 21 heavy (non-hydrogen) atoms. The van der Waals surface area contributed by atoms with Gasteiger partial charge in [0.25, 0.3) is 0 Å². The molecular weight excluding hydrogens is 284 g/mol. The highest BCUT2D eigenvalue weighted by Gasteiger charge is 2.27. The van der Waals surface area contributed by atoms with Crippen LogP contribution in [-0.4, -0.2) is 15.6 Å². The van der Waals surface area contributed by atoms with Gasteiger partial charge in [0.05, 0.1) is 22.8 Å². The van der Waals surface area contributed by atoms with E-state index >= 15 is 0 Å². The third kappa shape index (κ3) is 4.09. The molecule has 0 radical (unpaired) electrons. The number of ketones is 1. The summed E-state index contributed by atoms with van der Waals surface area (Å²) >= 11 is 6.24.